The van der Waals surface area contributed by atoms with Gasteiger partial charge in [0.05, 0.1) is 6.54 Å². The minimum atomic E-state index is 0.854. The smallest absolute Gasteiger partial charge is 0.193 e. The summed E-state index contributed by atoms with van der Waals surface area (Å²) in [5.41, 5.74) is 0. The molecule has 0 radical (unpaired) electrons. The third kappa shape index (κ3) is 3.72. The van der Waals surface area contributed by atoms with E-state index in [2.05, 4.69) is 49.5 Å². The van der Waals surface area contributed by atoms with Gasteiger partial charge in [-0.15, -0.1) is 11.3 Å². The highest BCUT2D eigenvalue weighted by Crippen LogP contribution is 2.20. The summed E-state index contributed by atoms with van der Waals surface area (Å²) >= 11 is 5.25. The number of piperidine rings is 1. The summed E-state index contributed by atoms with van der Waals surface area (Å²) in [5, 5.41) is 5.56. The molecule has 1 fully saturated rings. The van der Waals surface area contributed by atoms with Crippen molar-refractivity contribution in [2.45, 2.75) is 26.3 Å². The molecule has 2 heterocycles. The summed E-state index contributed by atoms with van der Waals surface area (Å²) < 4.78 is 1.16. The van der Waals surface area contributed by atoms with Crippen molar-refractivity contribution in [1.29, 1.82) is 0 Å². The van der Waals surface area contributed by atoms with Gasteiger partial charge in [-0.1, -0.05) is 6.92 Å². The first-order chi connectivity index (χ1) is 8.69. The predicted molar refractivity (Wildman–Crippen MR) is 82.2 cm³/mol. The first-order valence-corrected chi connectivity index (χ1v) is 8.05. The molecule has 1 N–H and O–H groups in total. The topological polar surface area (TPSA) is 27.6 Å². The summed E-state index contributed by atoms with van der Waals surface area (Å²) in [6, 6.07) is 2.16. The van der Waals surface area contributed by atoms with Crippen molar-refractivity contribution in [3.05, 3.63) is 20.8 Å². The Morgan fingerprint density at radius 2 is 2.28 bits per heavy atom. The van der Waals surface area contributed by atoms with E-state index in [-0.39, 0.29) is 0 Å². The normalized spacial score (nSPS) is 18.2. The van der Waals surface area contributed by atoms with E-state index in [0.717, 1.165) is 36.0 Å². The molecule has 0 amide bonds. The fraction of sp³-hybridized carbons (Fsp3) is 0.615. The number of halogens is 1. The SMILES string of the molecule is CN=C(NCc1cc(Br)cs1)N1CCC(C)CC1. The molecule has 1 aromatic heterocycles. The molecule has 2 rings (SSSR count). The van der Waals surface area contributed by atoms with E-state index in [1.807, 2.05) is 7.05 Å². The van der Waals surface area contributed by atoms with E-state index in [1.54, 1.807) is 11.3 Å². The molecule has 0 saturated carbocycles. The first-order valence-electron chi connectivity index (χ1n) is 6.37. The standard InChI is InChI=1S/C13H20BrN3S/c1-10-3-5-17(6-4-10)13(15-2)16-8-12-7-11(14)9-18-12/h7,9-10H,3-6,8H2,1-2H3,(H,15,16). The maximum atomic E-state index is 4.38. The highest BCUT2D eigenvalue weighted by Gasteiger charge is 2.18. The Hall–Kier alpha value is -0.550. The second-order valence-corrected chi connectivity index (χ2v) is 6.71. The minimum absolute atomic E-state index is 0.854. The van der Waals surface area contributed by atoms with Gasteiger partial charge in [-0.05, 0) is 40.8 Å². The fourth-order valence-corrected chi connectivity index (χ4v) is 3.56. The molecular weight excluding hydrogens is 310 g/mol. The van der Waals surface area contributed by atoms with Crippen LogP contribution < -0.4 is 5.32 Å². The van der Waals surface area contributed by atoms with E-state index >= 15 is 0 Å². The lowest BCUT2D eigenvalue weighted by atomic mass is 10.00. The van der Waals surface area contributed by atoms with Crippen LogP contribution in [0.4, 0.5) is 0 Å². The number of aliphatic imine (C=N–C) groups is 1. The van der Waals surface area contributed by atoms with Gasteiger partial charge in [-0.2, -0.15) is 0 Å². The zero-order valence-corrected chi connectivity index (χ0v) is 13.4. The Labute approximate surface area is 121 Å². The zero-order valence-electron chi connectivity index (χ0n) is 10.9. The molecule has 1 aliphatic rings. The molecule has 1 saturated heterocycles. The van der Waals surface area contributed by atoms with Crippen molar-refractivity contribution >= 4 is 33.2 Å². The highest BCUT2D eigenvalue weighted by atomic mass is 79.9. The van der Waals surface area contributed by atoms with Crippen molar-refractivity contribution in [3.8, 4) is 0 Å². The van der Waals surface area contributed by atoms with Crippen LogP contribution in [0.3, 0.4) is 0 Å². The van der Waals surface area contributed by atoms with Crippen LogP contribution in [0.1, 0.15) is 24.6 Å². The van der Waals surface area contributed by atoms with Gasteiger partial charge in [0.1, 0.15) is 0 Å². The lowest BCUT2D eigenvalue weighted by Crippen LogP contribution is -2.44. The number of hydrogen-bond acceptors (Lipinski definition) is 2. The highest BCUT2D eigenvalue weighted by molar-refractivity contribution is 9.10. The van der Waals surface area contributed by atoms with Crippen LogP contribution in [0, 0.1) is 5.92 Å². The van der Waals surface area contributed by atoms with Crippen LogP contribution in [0.2, 0.25) is 0 Å². The number of hydrogen-bond donors (Lipinski definition) is 1. The van der Waals surface area contributed by atoms with Crippen molar-refractivity contribution in [1.82, 2.24) is 10.2 Å². The average molecular weight is 330 g/mol. The van der Waals surface area contributed by atoms with Crippen LogP contribution in [0.25, 0.3) is 0 Å². The van der Waals surface area contributed by atoms with E-state index in [4.69, 9.17) is 0 Å². The lowest BCUT2D eigenvalue weighted by molar-refractivity contribution is 0.273. The summed E-state index contributed by atoms with van der Waals surface area (Å²) in [6.45, 7) is 5.43. The molecule has 3 nitrogen and oxygen atoms in total. The van der Waals surface area contributed by atoms with Gasteiger partial charge >= 0.3 is 0 Å². The van der Waals surface area contributed by atoms with Gasteiger partial charge in [0.2, 0.25) is 0 Å². The zero-order chi connectivity index (χ0) is 13.0. The second kappa shape index (κ2) is 6.57. The number of thiophene rings is 1. The van der Waals surface area contributed by atoms with Crippen LogP contribution >= 0.6 is 27.3 Å². The van der Waals surface area contributed by atoms with Crippen LogP contribution in [-0.2, 0) is 6.54 Å². The summed E-state index contributed by atoms with van der Waals surface area (Å²) in [4.78, 5) is 8.07. The molecule has 5 heteroatoms. The Balaban J connectivity index is 1.86. The largest absolute Gasteiger partial charge is 0.351 e. The monoisotopic (exact) mass is 329 g/mol. The number of likely N-dealkylation sites (tertiary alicyclic amines) is 1. The van der Waals surface area contributed by atoms with Crippen molar-refractivity contribution in [2.75, 3.05) is 20.1 Å². The van der Waals surface area contributed by atoms with Crippen molar-refractivity contribution in [2.24, 2.45) is 10.9 Å². The number of guanidine groups is 1. The van der Waals surface area contributed by atoms with Crippen LogP contribution in [0.5, 0.6) is 0 Å². The molecule has 0 atom stereocenters. The van der Waals surface area contributed by atoms with Crippen molar-refractivity contribution < 1.29 is 0 Å². The Morgan fingerprint density at radius 1 is 1.56 bits per heavy atom. The molecule has 1 aliphatic heterocycles. The third-order valence-corrected chi connectivity index (χ3v) is 5.04. The first kappa shape index (κ1) is 13.9. The fourth-order valence-electron chi connectivity index (χ4n) is 2.17. The summed E-state index contributed by atoms with van der Waals surface area (Å²) in [5.74, 6) is 1.89. The molecule has 0 bridgehead atoms. The Kier molecular flexibility index (Phi) is 5.06. The Morgan fingerprint density at radius 3 is 2.83 bits per heavy atom. The van der Waals surface area contributed by atoms with Gasteiger partial charge in [0.15, 0.2) is 5.96 Å². The molecule has 0 unspecified atom stereocenters. The average Bonchev–Trinajstić information content (AvgIpc) is 2.78. The second-order valence-electron chi connectivity index (χ2n) is 4.80. The summed E-state index contributed by atoms with van der Waals surface area (Å²) in [7, 11) is 1.87. The van der Waals surface area contributed by atoms with Gasteiger partial charge in [-0.3, -0.25) is 4.99 Å². The van der Waals surface area contributed by atoms with Crippen LogP contribution in [0.15, 0.2) is 20.9 Å². The van der Waals surface area contributed by atoms with E-state index in [1.165, 1.54) is 17.7 Å². The predicted octanol–water partition coefficient (Wildman–Crippen LogP) is 3.32. The maximum Gasteiger partial charge on any atom is 0.193 e. The van der Waals surface area contributed by atoms with E-state index < -0.39 is 0 Å². The molecule has 0 aromatic carbocycles. The van der Waals surface area contributed by atoms with Gasteiger partial charge in [0, 0.05) is 34.9 Å². The van der Waals surface area contributed by atoms with Gasteiger partial charge in [0.25, 0.3) is 0 Å². The third-order valence-electron chi connectivity index (χ3n) is 3.34. The van der Waals surface area contributed by atoms with E-state index in [9.17, 15) is 0 Å². The molecule has 0 spiro atoms. The molecule has 18 heavy (non-hydrogen) atoms. The van der Waals surface area contributed by atoms with Crippen LogP contribution in [-0.4, -0.2) is 31.0 Å². The minimum Gasteiger partial charge on any atom is -0.351 e. The Bertz CT molecular complexity index is 408. The van der Waals surface area contributed by atoms with Gasteiger partial charge in [-0.25, -0.2) is 0 Å². The number of nitrogens with zero attached hydrogens (tertiary/aromatic N) is 2. The molecule has 100 valence electrons. The molecule has 1 aromatic rings. The lowest BCUT2D eigenvalue weighted by Gasteiger charge is -2.32. The van der Waals surface area contributed by atoms with E-state index in [0.29, 0.717) is 0 Å². The summed E-state index contributed by atoms with van der Waals surface area (Å²) in [6.07, 6.45) is 2.54. The van der Waals surface area contributed by atoms with Crippen molar-refractivity contribution in [3.63, 3.8) is 0 Å². The number of rotatable bonds is 2. The maximum absolute atomic E-state index is 4.38. The van der Waals surface area contributed by atoms with Gasteiger partial charge < -0.3 is 10.2 Å². The molecular formula is C13H20BrN3S. The number of nitrogens with one attached hydrogen (secondary N) is 1. The molecule has 0 aliphatic carbocycles. The quantitative estimate of drug-likeness (QED) is 0.665.